The van der Waals surface area contributed by atoms with Crippen molar-refractivity contribution >= 4 is 23.3 Å². The van der Waals surface area contributed by atoms with Gasteiger partial charge in [0.15, 0.2) is 0 Å². The zero-order valence-electron chi connectivity index (χ0n) is 11.5. The summed E-state index contributed by atoms with van der Waals surface area (Å²) in [4.78, 5) is 28.9. The molecule has 2 N–H and O–H groups in total. The second-order valence-electron chi connectivity index (χ2n) is 5.26. The number of aromatic nitrogens is 1. The predicted octanol–water partition coefficient (Wildman–Crippen LogP) is 1.58. The summed E-state index contributed by atoms with van der Waals surface area (Å²) >= 11 is 1.57. The number of nitrogens with zero attached hydrogens (tertiary/aromatic N) is 2. The fourth-order valence-electron chi connectivity index (χ4n) is 2.18. The quantitative estimate of drug-likeness (QED) is 0.884. The monoisotopic (exact) mass is 297 g/mol. The molecule has 1 aliphatic heterocycles. The van der Waals surface area contributed by atoms with Gasteiger partial charge in [0.05, 0.1) is 10.4 Å². The number of carboxylic acid groups (broad SMARTS) is 1. The number of amides is 2. The van der Waals surface area contributed by atoms with Gasteiger partial charge in [0.25, 0.3) is 0 Å². The van der Waals surface area contributed by atoms with Crippen LogP contribution in [-0.4, -0.2) is 46.6 Å². The summed E-state index contributed by atoms with van der Waals surface area (Å²) in [6.45, 7) is 3.28. The van der Waals surface area contributed by atoms with Crippen LogP contribution < -0.4 is 5.32 Å². The molecule has 0 radical (unpaired) electrons. The molecule has 0 aliphatic carbocycles. The van der Waals surface area contributed by atoms with Gasteiger partial charge in [-0.3, -0.25) is 4.79 Å². The van der Waals surface area contributed by atoms with E-state index >= 15 is 0 Å². The molecule has 1 aromatic heterocycles. The Morgan fingerprint density at radius 1 is 1.50 bits per heavy atom. The van der Waals surface area contributed by atoms with Crippen LogP contribution in [0.25, 0.3) is 0 Å². The van der Waals surface area contributed by atoms with Crippen molar-refractivity contribution in [1.29, 1.82) is 0 Å². The van der Waals surface area contributed by atoms with Crippen molar-refractivity contribution in [2.45, 2.75) is 26.2 Å². The van der Waals surface area contributed by atoms with E-state index in [4.69, 9.17) is 5.11 Å². The third-order valence-corrected chi connectivity index (χ3v) is 4.61. The Balaban J connectivity index is 1.73. The zero-order chi connectivity index (χ0) is 14.6. The Bertz CT molecular complexity index is 467. The van der Waals surface area contributed by atoms with E-state index in [1.807, 2.05) is 5.38 Å². The van der Waals surface area contributed by atoms with Gasteiger partial charge in [-0.25, -0.2) is 9.78 Å². The molecule has 110 valence electrons. The predicted molar refractivity (Wildman–Crippen MR) is 75.8 cm³/mol. The number of hydrogen-bond acceptors (Lipinski definition) is 4. The Labute approximate surface area is 121 Å². The molecule has 0 bridgehead atoms. The molecule has 0 aromatic carbocycles. The summed E-state index contributed by atoms with van der Waals surface area (Å²) in [6.07, 6.45) is 3.48. The number of carbonyl (C=O) groups excluding carboxylic acids is 1. The van der Waals surface area contributed by atoms with Crippen LogP contribution in [0.3, 0.4) is 0 Å². The molecule has 0 spiro atoms. The topological polar surface area (TPSA) is 82.5 Å². The van der Waals surface area contributed by atoms with Crippen molar-refractivity contribution in [3.05, 3.63) is 16.6 Å². The van der Waals surface area contributed by atoms with E-state index in [9.17, 15) is 9.59 Å². The van der Waals surface area contributed by atoms with Crippen molar-refractivity contribution in [3.8, 4) is 0 Å². The minimum Gasteiger partial charge on any atom is -0.481 e. The number of urea groups is 1. The third kappa shape index (κ3) is 3.47. The maximum Gasteiger partial charge on any atom is 0.317 e. The Morgan fingerprint density at radius 3 is 2.75 bits per heavy atom. The standard InChI is InChI=1S/C13H19N3O3S/c1-13(11(17)18)3-7-16(8-4-13)12(19)15-5-2-10-14-6-9-20-10/h6,9H,2-5,7-8H2,1H3,(H,15,19)(H,17,18). The number of aliphatic carboxylic acids is 1. The van der Waals surface area contributed by atoms with Gasteiger partial charge >= 0.3 is 12.0 Å². The molecule has 0 atom stereocenters. The van der Waals surface area contributed by atoms with Crippen molar-refractivity contribution in [2.24, 2.45) is 5.41 Å². The SMILES string of the molecule is CC1(C(=O)O)CCN(C(=O)NCCc2nccs2)CC1. The van der Waals surface area contributed by atoms with Crippen LogP contribution in [0.15, 0.2) is 11.6 Å². The second-order valence-corrected chi connectivity index (χ2v) is 6.24. The van der Waals surface area contributed by atoms with Gasteiger partial charge in [-0.15, -0.1) is 11.3 Å². The fourth-order valence-corrected chi connectivity index (χ4v) is 2.80. The maximum atomic E-state index is 12.0. The molecule has 0 saturated carbocycles. The average Bonchev–Trinajstić information content (AvgIpc) is 2.92. The summed E-state index contributed by atoms with van der Waals surface area (Å²) < 4.78 is 0. The van der Waals surface area contributed by atoms with Crippen LogP contribution in [0.1, 0.15) is 24.8 Å². The molecule has 20 heavy (non-hydrogen) atoms. The van der Waals surface area contributed by atoms with Gasteiger partial charge in [-0.05, 0) is 19.8 Å². The summed E-state index contributed by atoms with van der Waals surface area (Å²) in [7, 11) is 0. The van der Waals surface area contributed by atoms with E-state index in [1.54, 1.807) is 29.4 Å². The van der Waals surface area contributed by atoms with Crippen LogP contribution >= 0.6 is 11.3 Å². The van der Waals surface area contributed by atoms with E-state index in [2.05, 4.69) is 10.3 Å². The smallest absolute Gasteiger partial charge is 0.317 e. The first-order chi connectivity index (χ1) is 9.51. The highest BCUT2D eigenvalue weighted by Gasteiger charge is 2.37. The largest absolute Gasteiger partial charge is 0.481 e. The molecule has 2 amide bonds. The van der Waals surface area contributed by atoms with E-state index in [0.29, 0.717) is 32.5 Å². The highest BCUT2D eigenvalue weighted by Crippen LogP contribution is 2.30. The van der Waals surface area contributed by atoms with Crippen LogP contribution in [0.4, 0.5) is 4.79 Å². The number of hydrogen-bond donors (Lipinski definition) is 2. The molecule has 1 aliphatic rings. The van der Waals surface area contributed by atoms with Crippen molar-refractivity contribution in [2.75, 3.05) is 19.6 Å². The summed E-state index contributed by atoms with van der Waals surface area (Å²) in [5.41, 5.74) is -0.697. The van der Waals surface area contributed by atoms with E-state index in [0.717, 1.165) is 11.4 Å². The normalized spacial score (nSPS) is 17.8. The zero-order valence-corrected chi connectivity index (χ0v) is 12.3. The first-order valence-electron chi connectivity index (χ1n) is 6.66. The van der Waals surface area contributed by atoms with Crippen LogP contribution in [0, 0.1) is 5.41 Å². The number of thiazole rings is 1. The molecule has 2 heterocycles. The minimum atomic E-state index is -0.777. The van der Waals surface area contributed by atoms with Gasteiger partial charge in [-0.2, -0.15) is 0 Å². The van der Waals surface area contributed by atoms with Crippen molar-refractivity contribution in [1.82, 2.24) is 15.2 Å². The number of piperidine rings is 1. The molecular formula is C13H19N3O3S. The molecule has 7 heteroatoms. The van der Waals surface area contributed by atoms with Crippen molar-refractivity contribution in [3.63, 3.8) is 0 Å². The average molecular weight is 297 g/mol. The lowest BCUT2D eigenvalue weighted by atomic mass is 9.80. The lowest BCUT2D eigenvalue weighted by molar-refractivity contribution is -0.150. The number of carboxylic acids is 1. The first-order valence-corrected chi connectivity index (χ1v) is 7.54. The van der Waals surface area contributed by atoms with Crippen molar-refractivity contribution < 1.29 is 14.7 Å². The molecule has 2 rings (SSSR count). The summed E-state index contributed by atoms with van der Waals surface area (Å²) in [5, 5.41) is 14.9. The van der Waals surface area contributed by atoms with Crippen LogP contribution in [0.2, 0.25) is 0 Å². The van der Waals surface area contributed by atoms with Gasteiger partial charge in [-0.1, -0.05) is 0 Å². The molecule has 6 nitrogen and oxygen atoms in total. The second kappa shape index (κ2) is 6.21. The van der Waals surface area contributed by atoms with Crippen LogP contribution in [0.5, 0.6) is 0 Å². The number of nitrogens with one attached hydrogen (secondary N) is 1. The van der Waals surface area contributed by atoms with Gasteiger partial charge < -0.3 is 15.3 Å². The molecular weight excluding hydrogens is 278 g/mol. The number of carbonyl (C=O) groups is 2. The molecule has 1 fully saturated rings. The molecule has 0 unspecified atom stereocenters. The fraction of sp³-hybridized carbons (Fsp3) is 0.615. The van der Waals surface area contributed by atoms with Gasteiger partial charge in [0.1, 0.15) is 0 Å². The van der Waals surface area contributed by atoms with Crippen LogP contribution in [-0.2, 0) is 11.2 Å². The lowest BCUT2D eigenvalue weighted by Crippen LogP contribution is -2.49. The first kappa shape index (κ1) is 14.8. The maximum absolute atomic E-state index is 12.0. The van der Waals surface area contributed by atoms with Gasteiger partial charge in [0, 0.05) is 37.6 Å². The minimum absolute atomic E-state index is 0.117. The third-order valence-electron chi connectivity index (χ3n) is 3.77. The number of rotatable bonds is 4. The highest BCUT2D eigenvalue weighted by atomic mass is 32.1. The van der Waals surface area contributed by atoms with E-state index in [-0.39, 0.29) is 6.03 Å². The summed E-state index contributed by atoms with van der Waals surface area (Å²) in [5.74, 6) is -0.777. The highest BCUT2D eigenvalue weighted by molar-refractivity contribution is 7.09. The lowest BCUT2D eigenvalue weighted by Gasteiger charge is -2.36. The van der Waals surface area contributed by atoms with Gasteiger partial charge in [0.2, 0.25) is 0 Å². The molecule has 1 saturated heterocycles. The Morgan fingerprint density at radius 2 is 2.20 bits per heavy atom. The Kier molecular flexibility index (Phi) is 4.59. The van der Waals surface area contributed by atoms with E-state index in [1.165, 1.54) is 0 Å². The molecule has 1 aromatic rings. The van der Waals surface area contributed by atoms with E-state index < -0.39 is 11.4 Å². The summed E-state index contributed by atoms with van der Waals surface area (Å²) in [6, 6.07) is -0.117. The Hall–Kier alpha value is -1.63. The number of likely N-dealkylation sites (tertiary alicyclic amines) is 1.